The second-order valence-electron chi connectivity index (χ2n) is 5.63. The predicted molar refractivity (Wildman–Crippen MR) is 81.6 cm³/mol. The molecule has 1 saturated heterocycles. The van der Waals surface area contributed by atoms with Crippen LogP contribution in [0.4, 0.5) is 9.59 Å². The first-order valence-electron chi connectivity index (χ1n) is 7.51. The Balaban J connectivity index is 1.91. The fourth-order valence-corrected chi connectivity index (χ4v) is 2.75. The van der Waals surface area contributed by atoms with E-state index in [9.17, 15) is 9.59 Å². The van der Waals surface area contributed by atoms with Gasteiger partial charge in [-0.15, -0.1) is 0 Å². The number of benzene rings is 1. The molecular formula is C16H22N2O4. The predicted octanol–water partition coefficient (Wildman–Crippen LogP) is 2.84. The Bertz CT molecular complexity index is 520. The molecule has 6 heteroatoms. The lowest BCUT2D eigenvalue weighted by atomic mass is 9.87. The number of likely N-dealkylation sites (tertiary alicyclic amines) is 1. The highest BCUT2D eigenvalue weighted by molar-refractivity contribution is 5.69. The molecule has 0 spiro atoms. The molecule has 1 heterocycles. The number of amides is 2. The first kappa shape index (κ1) is 16.1. The van der Waals surface area contributed by atoms with Crippen molar-refractivity contribution in [2.24, 2.45) is 0 Å². The van der Waals surface area contributed by atoms with Crippen molar-refractivity contribution in [1.29, 1.82) is 0 Å². The summed E-state index contributed by atoms with van der Waals surface area (Å²) >= 11 is 0. The molecular weight excluding hydrogens is 284 g/mol. The van der Waals surface area contributed by atoms with E-state index in [1.54, 1.807) is 0 Å². The Morgan fingerprint density at radius 2 is 2.09 bits per heavy atom. The van der Waals surface area contributed by atoms with Gasteiger partial charge in [-0.3, -0.25) is 0 Å². The van der Waals surface area contributed by atoms with E-state index in [0.29, 0.717) is 19.5 Å². The molecule has 120 valence electrons. The number of nitrogens with one attached hydrogen (secondary N) is 1. The van der Waals surface area contributed by atoms with Crippen LogP contribution in [-0.2, 0) is 11.3 Å². The highest BCUT2D eigenvalue weighted by Crippen LogP contribution is 2.24. The molecule has 0 radical (unpaired) electrons. The monoisotopic (exact) mass is 306 g/mol. The summed E-state index contributed by atoms with van der Waals surface area (Å²) < 4.78 is 5.24. The first-order valence-corrected chi connectivity index (χ1v) is 7.51. The molecule has 1 aromatic rings. The largest absolute Gasteiger partial charge is 0.465 e. The lowest BCUT2D eigenvalue weighted by Gasteiger charge is -2.41. The van der Waals surface area contributed by atoms with Crippen LogP contribution in [0.1, 0.15) is 31.7 Å². The maximum Gasteiger partial charge on any atom is 0.407 e. The van der Waals surface area contributed by atoms with E-state index in [1.807, 2.05) is 37.3 Å². The molecule has 2 amide bonds. The number of alkyl carbamates (subject to hydrolysis) is 1. The summed E-state index contributed by atoms with van der Waals surface area (Å²) in [6.45, 7) is 2.97. The normalized spacial score (nSPS) is 21.2. The summed E-state index contributed by atoms with van der Waals surface area (Å²) in [5.74, 6) is 0. The Labute approximate surface area is 130 Å². The van der Waals surface area contributed by atoms with Gasteiger partial charge in [0.05, 0.1) is 5.54 Å². The van der Waals surface area contributed by atoms with Gasteiger partial charge >= 0.3 is 12.2 Å². The van der Waals surface area contributed by atoms with E-state index in [2.05, 4.69) is 5.32 Å². The van der Waals surface area contributed by atoms with Crippen LogP contribution in [-0.4, -0.2) is 40.8 Å². The van der Waals surface area contributed by atoms with Crippen LogP contribution in [0.25, 0.3) is 0 Å². The number of ether oxygens (including phenoxy) is 1. The fourth-order valence-electron chi connectivity index (χ4n) is 2.75. The number of nitrogens with zero attached hydrogens (tertiary/aromatic N) is 1. The van der Waals surface area contributed by atoms with Gasteiger partial charge in [0.25, 0.3) is 0 Å². The minimum atomic E-state index is -0.947. The average Bonchev–Trinajstić information content (AvgIpc) is 2.54. The van der Waals surface area contributed by atoms with Crippen LogP contribution < -0.4 is 5.32 Å². The Morgan fingerprint density at radius 3 is 2.73 bits per heavy atom. The third kappa shape index (κ3) is 4.13. The number of piperidine rings is 1. The van der Waals surface area contributed by atoms with Crippen molar-refractivity contribution in [3.63, 3.8) is 0 Å². The highest BCUT2D eigenvalue weighted by atomic mass is 16.5. The topological polar surface area (TPSA) is 78.9 Å². The zero-order valence-corrected chi connectivity index (χ0v) is 12.7. The second-order valence-corrected chi connectivity index (χ2v) is 5.63. The maximum absolute atomic E-state index is 12.0. The third-order valence-corrected chi connectivity index (χ3v) is 4.10. The van der Waals surface area contributed by atoms with Gasteiger partial charge < -0.3 is 20.1 Å². The molecule has 2 rings (SSSR count). The van der Waals surface area contributed by atoms with E-state index in [4.69, 9.17) is 9.84 Å². The third-order valence-electron chi connectivity index (χ3n) is 4.10. The number of rotatable bonds is 4. The molecule has 1 aliphatic heterocycles. The van der Waals surface area contributed by atoms with Crippen LogP contribution in [0.3, 0.4) is 0 Å². The molecule has 0 aliphatic carbocycles. The Kier molecular flexibility index (Phi) is 5.25. The molecule has 0 saturated carbocycles. The molecule has 2 N–H and O–H groups in total. The van der Waals surface area contributed by atoms with Crippen molar-refractivity contribution in [3.05, 3.63) is 35.9 Å². The zero-order chi connectivity index (χ0) is 16.0. The smallest absolute Gasteiger partial charge is 0.407 e. The van der Waals surface area contributed by atoms with Crippen LogP contribution in [0.15, 0.2) is 30.3 Å². The molecule has 1 aromatic carbocycles. The van der Waals surface area contributed by atoms with Crippen molar-refractivity contribution in [2.45, 2.75) is 38.3 Å². The average molecular weight is 306 g/mol. The summed E-state index contributed by atoms with van der Waals surface area (Å²) in [5, 5.41) is 12.0. The lowest BCUT2D eigenvalue weighted by Crippen LogP contribution is -2.59. The molecule has 0 bridgehead atoms. The van der Waals surface area contributed by atoms with Gasteiger partial charge in [0.1, 0.15) is 6.61 Å². The quantitative estimate of drug-likeness (QED) is 0.896. The minimum absolute atomic E-state index is 0.203. The van der Waals surface area contributed by atoms with Gasteiger partial charge in [0, 0.05) is 13.1 Å². The lowest BCUT2D eigenvalue weighted by molar-refractivity contribution is 0.0816. The van der Waals surface area contributed by atoms with Crippen molar-refractivity contribution in [1.82, 2.24) is 10.2 Å². The van der Waals surface area contributed by atoms with E-state index in [0.717, 1.165) is 18.4 Å². The minimum Gasteiger partial charge on any atom is -0.465 e. The molecule has 0 aromatic heterocycles. The number of carboxylic acid groups (broad SMARTS) is 1. The number of carbonyl (C=O) groups is 2. The summed E-state index contributed by atoms with van der Waals surface area (Å²) in [6, 6.07) is 9.44. The van der Waals surface area contributed by atoms with E-state index < -0.39 is 17.7 Å². The van der Waals surface area contributed by atoms with Gasteiger partial charge in [-0.2, -0.15) is 0 Å². The molecule has 6 nitrogen and oxygen atoms in total. The van der Waals surface area contributed by atoms with Crippen molar-refractivity contribution in [3.8, 4) is 0 Å². The molecule has 1 aliphatic rings. The van der Waals surface area contributed by atoms with E-state index in [1.165, 1.54) is 4.90 Å². The van der Waals surface area contributed by atoms with Crippen molar-refractivity contribution >= 4 is 12.2 Å². The van der Waals surface area contributed by atoms with Gasteiger partial charge in [-0.05, 0) is 24.8 Å². The summed E-state index contributed by atoms with van der Waals surface area (Å²) in [4.78, 5) is 24.5. The standard InChI is InChI=1S/C16H22N2O4/c1-2-16(9-6-10-18(12-16)15(20)21)17-14(19)22-11-13-7-4-3-5-8-13/h3-5,7-8H,2,6,9-12H2,1H3,(H,17,19)(H,20,21). The summed E-state index contributed by atoms with van der Waals surface area (Å²) in [6.07, 6.45) is 0.708. The second kappa shape index (κ2) is 7.15. The van der Waals surface area contributed by atoms with E-state index >= 15 is 0 Å². The van der Waals surface area contributed by atoms with Crippen LogP contribution in [0.2, 0.25) is 0 Å². The Morgan fingerprint density at radius 1 is 1.36 bits per heavy atom. The van der Waals surface area contributed by atoms with Gasteiger partial charge in [-0.25, -0.2) is 9.59 Å². The molecule has 1 unspecified atom stereocenters. The number of hydrogen-bond acceptors (Lipinski definition) is 3. The maximum atomic E-state index is 12.0. The molecule has 1 atom stereocenters. The van der Waals surface area contributed by atoms with Crippen molar-refractivity contribution < 1.29 is 19.4 Å². The van der Waals surface area contributed by atoms with Crippen molar-refractivity contribution in [2.75, 3.05) is 13.1 Å². The van der Waals surface area contributed by atoms with Gasteiger partial charge in [0.2, 0.25) is 0 Å². The number of hydrogen-bond donors (Lipinski definition) is 2. The van der Waals surface area contributed by atoms with Crippen LogP contribution in [0, 0.1) is 0 Å². The summed E-state index contributed by atoms with van der Waals surface area (Å²) in [7, 11) is 0. The Hall–Kier alpha value is -2.24. The van der Waals surface area contributed by atoms with Gasteiger partial charge in [-0.1, -0.05) is 37.3 Å². The SMILES string of the molecule is CCC1(NC(=O)OCc2ccccc2)CCCN(C(=O)O)C1. The highest BCUT2D eigenvalue weighted by Gasteiger charge is 2.37. The molecule has 1 fully saturated rings. The number of carbonyl (C=O) groups excluding carboxylic acids is 1. The molecule has 22 heavy (non-hydrogen) atoms. The zero-order valence-electron chi connectivity index (χ0n) is 12.7. The summed E-state index contributed by atoms with van der Waals surface area (Å²) in [5.41, 5.74) is 0.378. The van der Waals surface area contributed by atoms with Crippen LogP contribution >= 0.6 is 0 Å². The van der Waals surface area contributed by atoms with Crippen LogP contribution in [0.5, 0.6) is 0 Å². The first-order chi connectivity index (χ1) is 10.5. The van der Waals surface area contributed by atoms with Gasteiger partial charge in [0.15, 0.2) is 0 Å². The fraction of sp³-hybridized carbons (Fsp3) is 0.500. The van der Waals surface area contributed by atoms with E-state index in [-0.39, 0.29) is 6.61 Å².